The lowest BCUT2D eigenvalue weighted by atomic mass is 10.6. The van der Waals surface area contributed by atoms with Gasteiger partial charge in [-0.05, 0) is 6.92 Å². The topological polar surface area (TPSA) is 65.0 Å². The first-order valence-electron chi connectivity index (χ1n) is 4.44. The Labute approximate surface area is 83.3 Å². The normalized spacial score (nSPS) is 10.4. The Bertz CT molecular complexity index is 167. The monoisotopic (exact) mass is 204 g/mol. The molecule has 14 heavy (non-hydrogen) atoms. The standard InChI is InChI=1S/C9H16O5/c1-2-12-5-3-9(11)14-8-7-13-6-4-10/h3,5,10H,2,4,6-8H2,1H3. The van der Waals surface area contributed by atoms with Crippen molar-refractivity contribution in [1.82, 2.24) is 0 Å². The molecule has 0 bridgehead atoms. The lowest BCUT2D eigenvalue weighted by Gasteiger charge is -2.02. The van der Waals surface area contributed by atoms with Gasteiger partial charge in [0.1, 0.15) is 6.61 Å². The van der Waals surface area contributed by atoms with Gasteiger partial charge in [-0.2, -0.15) is 0 Å². The molecule has 0 spiro atoms. The molecule has 0 aromatic carbocycles. The second-order valence-corrected chi connectivity index (χ2v) is 2.26. The highest BCUT2D eigenvalue weighted by molar-refractivity contribution is 5.81. The third-order valence-corrected chi connectivity index (χ3v) is 1.17. The van der Waals surface area contributed by atoms with E-state index in [0.717, 1.165) is 0 Å². The summed E-state index contributed by atoms with van der Waals surface area (Å²) in [7, 11) is 0. The summed E-state index contributed by atoms with van der Waals surface area (Å²) in [5.41, 5.74) is 0. The van der Waals surface area contributed by atoms with Crippen molar-refractivity contribution < 1.29 is 24.1 Å². The van der Waals surface area contributed by atoms with E-state index < -0.39 is 5.97 Å². The summed E-state index contributed by atoms with van der Waals surface area (Å²) in [6.45, 7) is 3.02. The largest absolute Gasteiger partial charge is 0.501 e. The van der Waals surface area contributed by atoms with Crippen LogP contribution in [0.1, 0.15) is 6.92 Å². The predicted octanol–water partition coefficient (Wildman–Crippen LogP) is 0.0887. The van der Waals surface area contributed by atoms with Crippen LogP contribution in [0.3, 0.4) is 0 Å². The minimum atomic E-state index is -0.467. The van der Waals surface area contributed by atoms with Crippen molar-refractivity contribution in [2.75, 3.05) is 33.0 Å². The van der Waals surface area contributed by atoms with Gasteiger partial charge in [0.05, 0.1) is 38.8 Å². The molecule has 0 aliphatic rings. The second-order valence-electron chi connectivity index (χ2n) is 2.26. The number of esters is 1. The molecule has 0 aromatic heterocycles. The highest BCUT2D eigenvalue weighted by Gasteiger charge is 1.95. The molecule has 0 heterocycles. The molecular formula is C9H16O5. The average Bonchev–Trinajstić information content (AvgIpc) is 2.18. The number of carbonyl (C=O) groups is 1. The fourth-order valence-electron chi connectivity index (χ4n) is 0.616. The summed E-state index contributed by atoms with van der Waals surface area (Å²) in [5, 5.41) is 8.36. The summed E-state index contributed by atoms with van der Waals surface area (Å²) >= 11 is 0. The van der Waals surface area contributed by atoms with Gasteiger partial charge in [0, 0.05) is 0 Å². The van der Waals surface area contributed by atoms with Crippen LogP contribution in [0.5, 0.6) is 0 Å². The van der Waals surface area contributed by atoms with E-state index in [0.29, 0.717) is 6.61 Å². The summed E-state index contributed by atoms with van der Waals surface area (Å²) in [5.74, 6) is -0.467. The van der Waals surface area contributed by atoms with Gasteiger partial charge in [0.2, 0.25) is 0 Å². The highest BCUT2D eigenvalue weighted by Crippen LogP contribution is 1.84. The van der Waals surface area contributed by atoms with Gasteiger partial charge >= 0.3 is 5.97 Å². The zero-order valence-corrected chi connectivity index (χ0v) is 8.27. The van der Waals surface area contributed by atoms with Gasteiger partial charge in [-0.25, -0.2) is 4.79 Å². The molecule has 0 rings (SSSR count). The Balaban J connectivity index is 3.26. The van der Waals surface area contributed by atoms with E-state index in [1.54, 1.807) is 0 Å². The first kappa shape index (κ1) is 12.9. The molecule has 1 N–H and O–H groups in total. The fourth-order valence-corrected chi connectivity index (χ4v) is 0.616. The minimum absolute atomic E-state index is 0.0296. The molecule has 0 fully saturated rings. The molecular weight excluding hydrogens is 188 g/mol. The molecule has 0 saturated heterocycles. The Kier molecular flexibility index (Phi) is 9.25. The Hall–Kier alpha value is -1.07. The molecule has 0 saturated carbocycles. The van der Waals surface area contributed by atoms with Gasteiger partial charge in [-0.1, -0.05) is 0 Å². The quantitative estimate of drug-likeness (QED) is 0.263. The Morgan fingerprint density at radius 1 is 1.36 bits per heavy atom. The molecule has 5 heteroatoms. The van der Waals surface area contributed by atoms with Crippen molar-refractivity contribution >= 4 is 5.97 Å². The third-order valence-electron chi connectivity index (χ3n) is 1.17. The van der Waals surface area contributed by atoms with E-state index in [2.05, 4.69) is 0 Å². The van der Waals surface area contributed by atoms with E-state index in [1.807, 2.05) is 6.92 Å². The van der Waals surface area contributed by atoms with Gasteiger partial charge in [-0.3, -0.25) is 0 Å². The second kappa shape index (κ2) is 10.0. The maximum absolute atomic E-state index is 10.9. The van der Waals surface area contributed by atoms with E-state index in [1.165, 1.54) is 12.3 Å². The van der Waals surface area contributed by atoms with Crippen molar-refractivity contribution in [3.63, 3.8) is 0 Å². The smallest absolute Gasteiger partial charge is 0.333 e. The van der Waals surface area contributed by atoms with Crippen LogP contribution in [0.15, 0.2) is 12.3 Å². The van der Waals surface area contributed by atoms with Crippen molar-refractivity contribution in [1.29, 1.82) is 0 Å². The van der Waals surface area contributed by atoms with Gasteiger partial charge in [0.15, 0.2) is 0 Å². The van der Waals surface area contributed by atoms with E-state index in [9.17, 15) is 4.79 Å². The third kappa shape index (κ3) is 9.02. The number of aliphatic hydroxyl groups is 1. The highest BCUT2D eigenvalue weighted by atomic mass is 16.6. The molecule has 0 aliphatic carbocycles. The number of rotatable bonds is 8. The number of ether oxygens (including phenoxy) is 3. The SMILES string of the molecule is CCOC=CC(=O)OCCOCCO. The minimum Gasteiger partial charge on any atom is -0.501 e. The lowest BCUT2D eigenvalue weighted by Crippen LogP contribution is -2.10. The number of hydrogen-bond donors (Lipinski definition) is 1. The molecule has 0 amide bonds. The summed E-state index contributed by atoms with van der Waals surface area (Å²) in [6, 6.07) is 0. The van der Waals surface area contributed by atoms with Crippen LogP contribution in [0.2, 0.25) is 0 Å². The first-order valence-corrected chi connectivity index (χ1v) is 4.44. The zero-order valence-electron chi connectivity index (χ0n) is 8.27. The number of carbonyl (C=O) groups excluding carboxylic acids is 1. The van der Waals surface area contributed by atoms with Crippen molar-refractivity contribution in [3.8, 4) is 0 Å². The van der Waals surface area contributed by atoms with Crippen LogP contribution in [-0.2, 0) is 19.0 Å². The van der Waals surface area contributed by atoms with Crippen LogP contribution in [0.4, 0.5) is 0 Å². The summed E-state index contributed by atoms with van der Waals surface area (Å²) in [6.07, 6.45) is 2.49. The average molecular weight is 204 g/mol. The van der Waals surface area contributed by atoms with Crippen LogP contribution in [-0.4, -0.2) is 44.1 Å². The molecule has 5 nitrogen and oxygen atoms in total. The molecule has 0 radical (unpaired) electrons. The molecule has 0 atom stereocenters. The van der Waals surface area contributed by atoms with Crippen molar-refractivity contribution in [2.45, 2.75) is 6.92 Å². The van der Waals surface area contributed by atoms with E-state index >= 15 is 0 Å². The molecule has 0 aliphatic heterocycles. The first-order chi connectivity index (χ1) is 6.81. The summed E-state index contributed by atoms with van der Waals surface area (Å²) in [4.78, 5) is 10.9. The number of aliphatic hydroxyl groups excluding tert-OH is 1. The van der Waals surface area contributed by atoms with Gasteiger partial charge in [0.25, 0.3) is 0 Å². The fraction of sp³-hybridized carbons (Fsp3) is 0.667. The predicted molar refractivity (Wildman–Crippen MR) is 49.6 cm³/mol. The Morgan fingerprint density at radius 3 is 2.79 bits per heavy atom. The van der Waals surface area contributed by atoms with Crippen LogP contribution in [0, 0.1) is 0 Å². The van der Waals surface area contributed by atoms with Crippen LogP contribution >= 0.6 is 0 Å². The maximum atomic E-state index is 10.9. The number of hydrogen-bond acceptors (Lipinski definition) is 5. The van der Waals surface area contributed by atoms with E-state index in [-0.39, 0.29) is 26.4 Å². The lowest BCUT2D eigenvalue weighted by molar-refractivity contribution is -0.139. The molecule has 0 aromatic rings. The van der Waals surface area contributed by atoms with Gasteiger partial charge < -0.3 is 19.3 Å². The van der Waals surface area contributed by atoms with Crippen molar-refractivity contribution in [3.05, 3.63) is 12.3 Å². The van der Waals surface area contributed by atoms with Crippen molar-refractivity contribution in [2.24, 2.45) is 0 Å². The zero-order chi connectivity index (χ0) is 10.6. The molecule has 0 unspecified atom stereocenters. The van der Waals surface area contributed by atoms with Crippen LogP contribution in [0.25, 0.3) is 0 Å². The summed E-state index contributed by atoms with van der Waals surface area (Å²) < 4.78 is 14.4. The molecule has 82 valence electrons. The van der Waals surface area contributed by atoms with Gasteiger partial charge in [-0.15, -0.1) is 0 Å². The maximum Gasteiger partial charge on any atom is 0.333 e. The Morgan fingerprint density at radius 2 is 2.14 bits per heavy atom. The van der Waals surface area contributed by atoms with E-state index in [4.69, 9.17) is 19.3 Å². The van der Waals surface area contributed by atoms with Crippen LogP contribution < -0.4 is 0 Å².